The van der Waals surface area contributed by atoms with Crippen LogP contribution < -0.4 is 0 Å². The smallest absolute Gasteiger partial charge is 0.176 e. The van der Waals surface area contributed by atoms with Gasteiger partial charge in [-0.05, 0) is 18.1 Å². The Bertz CT molecular complexity index is 748. The van der Waals surface area contributed by atoms with Gasteiger partial charge < -0.3 is 9.51 Å². The molecule has 1 N–H and O–H groups in total. The van der Waals surface area contributed by atoms with E-state index in [0.717, 1.165) is 34.5 Å². The number of nitrogens with zero attached hydrogens (tertiary/aromatic N) is 2. The van der Waals surface area contributed by atoms with Gasteiger partial charge in [0.05, 0.1) is 18.1 Å². The highest BCUT2D eigenvalue weighted by molar-refractivity contribution is 5.92. The Morgan fingerprint density at radius 2 is 1.71 bits per heavy atom. The minimum absolute atomic E-state index is 0.00212. The first-order valence-corrected chi connectivity index (χ1v) is 8.93. The molecule has 24 heavy (non-hydrogen) atoms. The summed E-state index contributed by atoms with van der Waals surface area (Å²) < 4.78 is 5.44. The summed E-state index contributed by atoms with van der Waals surface area (Å²) in [5.41, 5.74) is 4.06. The van der Waals surface area contributed by atoms with Crippen LogP contribution in [-0.4, -0.2) is 15.1 Å². The first-order chi connectivity index (χ1) is 11.5. The number of aromatic nitrogens is 3. The van der Waals surface area contributed by atoms with Gasteiger partial charge in [-0.2, -0.15) is 0 Å². The largest absolute Gasteiger partial charge is 0.356 e. The Morgan fingerprint density at radius 3 is 2.25 bits per heavy atom. The summed E-state index contributed by atoms with van der Waals surface area (Å²) in [5.74, 6) is 0.972. The minimum atomic E-state index is 0.00212. The summed E-state index contributed by atoms with van der Waals surface area (Å²) in [7, 11) is 0. The fraction of sp³-hybridized carbons (Fsp3) is 0.500. The Kier molecular flexibility index (Phi) is 7.20. The van der Waals surface area contributed by atoms with Gasteiger partial charge in [0.2, 0.25) is 0 Å². The molecule has 0 aliphatic rings. The van der Waals surface area contributed by atoms with Crippen molar-refractivity contribution in [3.63, 3.8) is 0 Å². The lowest BCUT2D eigenvalue weighted by Gasteiger charge is -2.14. The lowest BCUT2D eigenvalue weighted by atomic mass is 9.96. The number of aryl methyl sites for hydroxylation is 1. The molecule has 2 aromatic heterocycles. The van der Waals surface area contributed by atoms with Gasteiger partial charge in [0.25, 0.3) is 0 Å². The highest BCUT2D eigenvalue weighted by atomic mass is 16.5. The van der Waals surface area contributed by atoms with Crippen LogP contribution in [-0.2, 0) is 11.8 Å². The summed E-state index contributed by atoms with van der Waals surface area (Å²) >= 11 is 0. The van der Waals surface area contributed by atoms with E-state index in [2.05, 4.69) is 55.0 Å². The Hall–Kier alpha value is -2.10. The third-order valence-corrected chi connectivity index (χ3v) is 3.57. The Morgan fingerprint density at radius 1 is 1.04 bits per heavy atom. The Balaban J connectivity index is 0.000000671. The number of aromatic amines is 1. The maximum Gasteiger partial charge on any atom is 0.176 e. The van der Waals surface area contributed by atoms with E-state index in [-0.39, 0.29) is 5.41 Å². The van der Waals surface area contributed by atoms with Crippen LogP contribution in [0.1, 0.15) is 66.8 Å². The standard InChI is InChI=1S/C16H19N3O.2C2H6/c1-5-10-6-7-11(14-12(10)8-18-20-14)13-9-17-15(19-13)16(2,3)4;2*1-2/h6-9H,5H2,1-4H3,(H,17,19);2*1-2H3. The molecule has 4 heteroatoms. The van der Waals surface area contributed by atoms with Crippen LogP contribution in [0.4, 0.5) is 0 Å². The fourth-order valence-corrected chi connectivity index (χ4v) is 2.37. The van der Waals surface area contributed by atoms with Crippen molar-refractivity contribution in [3.05, 3.63) is 35.9 Å². The summed E-state index contributed by atoms with van der Waals surface area (Å²) in [6.07, 6.45) is 4.62. The van der Waals surface area contributed by atoms with Gasteiger partial charge in [0.15, 0.2) is 5.58 Å². The van der Waals surface area contributed by atoms with Crippen molar-refractivity contribution in [3.8, 4) is 11.3 Å². The lowest BCUT2D eigenvalue weighted by Crippen LogP contribution is -2.13. The second-order valence-corrected chi connectivity index (χ2v) is 6.09. The molecule has 0 fully saturated rings. The van der Waals surface area contributed by atoms with Gasteiger partial charge in [0, 0.05) is 16.4 Å². The fourth-order valence-electron chi connectivity index (χ4n) is 2.37. The molecule has 0 aliphatic carbocycles. The van der Waals surface area contributed by atoms with Gasteiger partial charge in [-0.3, -0.25) is 0 Å². The Labute approximate surface area is 145 Å². The first-order valence-electron chi connectivity index (χ1n) is 8.93. The number of imidazole rings is 1. The summed E-state index contributed by atoms with van der Waals surface area (Å²) in [6, 6.07) is 4.21. The van der Waals surface area contributed by atoms with E-state index in [4.69, 9.17) is 4.52 Å². The molecular weight excluding hydrogens is 298 g/mol. The number of rotatable bonds is 2. The molecule has 0 atom stereocenters. The number of benzene rings is 1. The van der Waals surface area contributed by atoms with E-state index in [1.165, 1.54) is 5.56 Å². The van der Waals surface area contributed by atoms with Crippen molar-refractivity contribution in [2.75, 3.05) is 0 Å². The number of hydrogen-bond acceptors (Lipinski definition) is 3. The van der Waals surface area contributed by atoms with Crippen molar-refractivity contribution < 1.29 is 4.52 Å². The van der Waals surface area contributed by atoms with Crippen molar-refractivity contribution in [2.24, 2.45) is 0 Å². The third kappa shape index (κ3) is 4.05. The van der Waals surface area contributed by atoms with E-state index in [9.17, 15) is 0 Å². The van der Waals surface area contributed by atoms with Crippen molar-refractivity contribution >= 4 is 11.0 Å². The lowest BCUT2D eigenvalue weighted by molar-refractivity contribution is 0.457. The SMILES string of the molecule is CC.CC.CCc1ccc(-c2cnc(C(C)(C)C)[nH]2)c2oncc12. The number of H-pyrrole nitrogens is 1. The maximum absolute atomic E-state index is 5.44. The van der Waals surface area contributed by atoms with Gasteiger partial charge in [-0.1, -0.05) is 66.6 Å². The van der Waals surface area contributed by atoms with Gasteiger partial charge >= 0.3 is 0 Å². The van der Waals surface area contributed by atoms with Crippen molar-refractivity contribution in [2.45, 2.75) is 67.2 Å². The number of fused-ring (bicyclic) bond motifs is 1. The molecule has 0 amide bonds. The molecule has 0 unspecified atom stereocenters. The van der Waals surface area contributed by atoms with E-state index < -0.39 is 0 Å². The minimum Gasteiger partial charge on any atom is -0.356 e. The van der Waals surface area contributed by atoms with Crippen LogP contribution >= 0.6 is 0 Å². The molecule has 0 saturated heterocycles. The monoisotopic (exact) mass is 329 g/mol. The summed E-state index contributed by atoms with van der Waals surface area (Å²) in [4.78, 5) is 7.87. The molecule has 4 nitrogen and oxygen atoms in total. The van der Waals surface area contributed by atoms with Crippen LogP contribution in [0.15, 0.2) is 29.0 Å². The average Bonchev–Trinajstić information content (AvgIpc) is 3.27. The van der Waals surface area contributed by atoms with Crippen LogP contribution in [0.25, 0.3) is 22.2 Å². The molecule has 1 aromatic carbocycles. The predicted octanol–water partition coefficient (Wildman–Crippen LogP) is 6.13. The van der Waals surface area contributed by atoms with Crippen molar-refractivity contribution in [1.82, 2.24) is 15.1 Å². The van der Waals surface area contributed by atoms with Crippen LogP contribution in [0, 0.1) is 0 Å². The molecule has 0 aliphatic heterocycles. The van der Waals surface area contributed by atoms with E-state index >= 15 is 0 Å². The normalized spacial score (nSPS) is 10.7. The van der Waals surface area contributed by atoms with Crippen LogP contribution in [0.5, 0.6) is 0 Å². The molecule has 0 radical (unpaired) electrons. The second kappa shape index (κ2) is 8.67. The molecule has 3 aromatic rings. The first kappa shape index (κ1) is 19.9. The quantitative estimate of drug-likeness (QED) is 0.615. The zero-order valence-electron chi connectivity index (χ0n) is 16.3. The highest BCUT2D eigenvalue weighted by Crippen LogP contribution is 2.31. The maximum atomic E-state index is 5.44. The number of nitrogens with one attached hydrogen (secondary N) is 1. The average molecular weight is 329 g/mol. The zero-order valence-corrected chi connectivity index (χ0v) is 16.3. The molecule has 0 saturated carbocycles. The molecule has 2 heterocycles. The van der Waals surface area contributed by atoms with Gasteiger partial charge in [0.1, 0.15) is 5.82 Å². The molecule has 0 bridgehead atoms. The second-order valence-electron chi connectivity index (χ2n) is 6.09. The topological polar surface area (TPSA) is 54.7 Å². The summed E-state index contributed by atoms with van der Waals surface area (Å²) in [5, 5.41) is 5.02. The predicted molar refractivity (Wildman–Crippen MR) is 102 cm³/mol. The zero-order chi connectivity index (χ0) is 18.3. The van der Waals surface area contributed by atoms with Gasteiger partial charge in [-0.15, -0.1) is 0 Å². The number of hydrogen-bond donors (Lipinski definition) is 1. The van der Waals surface area contributed by atoms with Crippen LogP contribution in [0.3, 0.4) is 0 Å². The van der Waals surface area contributed by atoms with E-state index in [1.54, 1.807) is 6.20 Å². The highest BCUT2D eigenvalue weighted by Gasteiger charge is 2.19. The van der Waals surface area contributed by atoms with E-state index in [1.807, 2.05) is 33.9 Å². The van der Waals surface area contributed by atoms with Crippen LogP contribution in [0.2, 0.25) is 0 Å². The molecular formula is C20H31N3O. The van der Waals surface area contributed by atoms with Gasteiger partial charge in [-0.25, -0.2) is 4.98 Å². The molecule has 132 valence electrons. The summed E-state index contributed by atoms with van der Waals surface area (Å²) in [6.45, 7) is 16.6. The molecule has 0 spiro atoms. The van der Waals surface area contributed by atoms with E-state index in [0.29, 0.717) is 0 Å². The van der Waals surface area contributed by atoms with Crippen molar-refractivity contribution in [1.29, 1.82) is 0 Å². The third-order valence-electron chi connectivity index (χ3n) is 3.57. The molecule has 3 rings (SSSR count).